The highest BCUT2D eigenvalue weighted by Gasteiger charge is 2.17. The summed E-state index contributed by atoms with van der Waals surface area (Å²) in [5, 5.41) is 2.80. The third-order valence-corrected chi connectivity index (χ3v) is 4.49. The summed E-state index contributed by atoms with van der Waals surface area (Å²) in [6.45, 7) is 10.2. The fraction of sp³-hybridized carbons (Fsp3) is 0.905. The molecule has 0 aromatic carbocycles. The Bertz CT molecular complexity index is 388. The van der Waals surface area contributed by atoms with Gasteiger partial charge in [-0.25, -0.2) is 4.79 Å². The van der Waals surface area contributed by atoms with Crippen molar-refractivity contribution in [2.45, 2.75) is 97.7 Å². The van der Waals surface area contributed by atoms with Gasteiger partial charge in [-0.2, -0.15) is 0 Å². The second-order valence-corrected chi connectivity index (χ2v) is 7.48. The summed E-state index contributed by atoms with van der Waals surface area (Å²) in [5.41, 5.74) is 0. The van der Waals surface area contributed by atoms with Gasteiger partial charge in [0.15, 0.2) is 0 Å². The smallest absolute Gasteiger partial charge is 0.407 e. The Morgan fingerprint density at radius 1 is 0.963 bits per heavy atom. The van der Waals surface area contributed by atoms with Crippen molar-refractivity contribution >= 4 is 12.1 Å². The molecule has 0 saturated carbocycles. The van der Waals surface area contributed by atoms with Gasteiger partial charge in [-0.15, -0.1) is 0 Å². The van der Waals surface area contributed by atoms with Crippen molar-refractivity contribution in [2.24, 2.45) is 0 Å². The summed E-state index contributed by atoms with van der Waals surface area (Å²) in [6.07, 6.45) is 7.98. The van der Waals surface area contributed by atoms with Crippen LogP contribution in [0, 0.1) is 0 Å². The number of rotatable bonds is 16. The molecule has 0 aromatic heterocycles. The van der Waals surface area contributed by atoms with E-state index in [1.807, 2.05) is 20.9 Å². The van der Waals surface area contributed by atoms with Crippen LogP contribution in [-0.4, -0.2) is 55.9 Å². The van der Waals surface area contributed by atoms with Crippen LogP contribution >= 0.6 is 0 Å². The fourth-order valence-corrected chi connectivity index (χ4v) is 2.72. The number of unbranched alkanes of at least 4 members (excludes halogenated alkanes) is 5. The number of amides is 1. The lowest BCUT2D eigenvalue weighted by molar-refractivity contribution is -0.148. The maximum Gasteiger partial charge on any atom is 0.407 e. The third-order valence-electron chi connectivity index (χ3n) is 4.49. The molecule has 0 aliphatic carbocycles. The second-order valence-electron chi connectivity index (χ2n) is 7.48. The normalized spacial score (nSPS) is 12.3. The molecule has 0 aliphatic heterocycles. The van der Waals surface area contributed by atoms with Gasteiger partial charge < -0.3 is 19.7 Å². The first kappa shape index (κ1) is 25.7. The number of ether oxygens (including phenoxy) is 2. The van der Waals surface area contributed by atoms with Crippen molar-refractivity contribution in [3.63, 3.8) is 0 Å². The SMILES string of the molecule is CCCCCCCC[C@H](CCC(=O)OC(C)C)OC(=O)NCCN(C)CC. The van der Waals surface area contributed by atoms with Crippen LogP contribution in [0.25, 0.3) is 0 Å². The van der Waals surface area contributed by atoms with Crippen molar-refractivity contribution in [1.82, 2.24) is 10.2 Å². The lowest BCUT2D eigenvalue weighted by atomic mass is 10.0. The summed E-state index contributed by atoms with van der Waals surface area (Å²) in [5.74, 6) is -0.230. The second kappa shape index (κ2) is 16.8. The van der Waals surface area contributed by atoms with Crippen LogP contribution in [0.3, 0.4) is 0 Å². The highest BCUT2D eigenvalue weighted by molar-refractivity contribution is 5.70. The molecule has 0 aromatic rings. The number of carbonyl (C=O) groups is 2. The summed E-state index contributed by atoms with van der Waals surface area (Å²) in [7, 11) is 2.01. The van der Waals surface area contributed by atoms with E-state index in [0.717, 1.165) is 32.4 Å². The molecule has 1 atom stereocenters. The highest BCUT2D eigenvalue weighted by Crippen LogP contribution is 2.15. The summed E-state index contributed by atoms with van der Waals surface area (Å²) >= 11 is 0. The standard InChI is InChI=1S/C21H42N2O4/c1-6-8-9-10-11-12-13-19(14-15-20(24)26-18(3)4)27-21(25)22-16-17-23(5)7-2/h18-19H,6-17H2,1-5H3,(H,22,25)/t19-/m1/s1. The quantitative estimate of drug-likeness (QED) is 0.312. The number of esters is 1. The Labute approximate surface area is 166 Å². The Hall–Kier alpha value is -1.30. The fourth-order valence-electron chi connectivity index (χ4n) is 2.72. The molecule has 0 bridgehead atoms. The molecule has 0 saturated heterocycles. The van der Waals surface area contributed by atoms with Gasteiger partial charge in [0.25, 0.3) is 0 Å². The average Bonchev–Trinajstić information content (AvgIpc) is 2.61. The van der Waals surface area contributed by atoms with Crippen molar-refractivity contribution < 1.29 is 19.1 Å². The molecule has 0 aliphatic rings. The molecule has 160 valence electrons. The molecule has 0 radical (unpaired) electrons. The van der Waals surface area contributed by atoms with Gasteiger partial charge in [0.2, 0.25) is 0 Å². The van der Waals surface area contributed by atoms with Crippen molar-refractivity contribution in [3.8, 4) is 0 Å². The van der Waals surface area contributed by atoms with E-state index in [0.29, 0.717) is 13.0 Å². The molecule has 1 amide bonds. The monoisotopic (exact) mass is 386 g/mol. The average molecular weight is 387 g/mol. The Kier molecular flexibility index (Phi) is 16.0. The van der Waals surface area contributed by atoms with E-state index >= 15 is 0 Å². The first-order chi connectivity index (χ1) is 12.9. The highest BCUT2D eigenvalue weighted by atomic mass is 16.6. The Morgan fingerprint density at radius 3 is 2.26 bits per heavy atom. The summed E-state index contributed by atoms with van der Waals surface area (Å²) in [6, 6.07) is 0. The Balaban J connectivity index is 4.27. The van der Waals surface area contributed by atoms with E-state index < -0.39 is 6.09 Å². The number of alkyl carbamates (subject to hydrolysis) is 1. The van der Waals surface area contributed by atoms with Gasteiger partial charge in [0, 0.05) is 19.5 Å². The van der Waals surface area contributed by atoms with E-state index in [4.69, 9.17) is 9.47 Å². The topological polar surface area (TPSA) is 67.9 Å². The van der Waals surface area contributed by atoms with Gasteiger partial charge in [-0.05, 0) is 46.7 Å². The van der Waals surface area contributed by atoms with E-state index in [1.165, 1.54) is 25.7 Å². The van der Waals surface area contributed by atoms with E-state index in [2.05, 4.69) is 24.1 Å². The van der Waals surface area contributed by atoms with Crippen LogP contribution in [-0.2, 0) is 14.3 Å². The maximum atomic E-state index is 12.1. The molecule has 0 spiro atoms. The molecule has 6 nitrogen and oxygen atoms in total. The molecule has 1 N–H and O–H groups in total. The number of carbonyl (C=O) groups excluding carboxylic acids is 2. The van der Waals surface area contributed by atoms with Crippen molar-refractivity contribution in [1.29, 1.82) is 0 Å². The van der Waals surface area contributed by atoms with Crippen LogP contribution in [0.2, 0.25) is 0 Å². The Morgan fingerprint density at radius 2 is 1.63 bits per heavy atom. The van der Waals surface area contributed by atoms with Gasteiger partial charge >= 0.3 is 12.1 Å². The molecule has 27 heavy (non-hydrogen) atoms. The van der Waals surface area contributed by atoms with Gasteiger partial charge in [-0.3, -0.25) is 4.79 Å². The maximum absolute atomic E-state index is 12.1. The van der Waals surface area contributed by atoms with Crippen molar-refractivity contribution in [3.05, 3.63) is 0 Å². The zero-order chi connectivity index (χ0) is 20.5. The molecule has 0 unspecified atom stereocenters. The summed E-state index contributed by atoms with van der Waals surface area (Å²) in [4.78, 5) is 26.0. The van der Waals surface area contributed by atoms with Crippen LogP contribution in [0.4, 0.5) is 4.79 Å². The van der Waals surface area contributed by atoms with E-state index in [1.54, 1.807) is 0 Å². The number of nitrogens with one attached hydrogen (secondary N) is 1. The van der Waals surface area contributed by atoms with Gasteiger partial charge in [0.1, 0.15) is 6.10 Å². The lowest BCUT2D eigenvalue weighted by Crippen LogP contribution is -2.35. The number of nitrogens with zero attached hydrogens (tertiary/aromatic N) is 1. The van der Waals surface area contributed by atoms with E-state index in [-0.39, 0.29) is 24.6 Å². The minimum atomic E-state index is -0.396. The van der Waals surface area contributed by atoms with Gasteiger partial charge in [0.05, 0.1) is 6.10 Å². The van der Waals surface area contributed by atoms with Crippen LogP contribution in [0.15, 0.2) is 0 Å². The third kappa shape index (κ3) is 16.6. The molecule has 0 heterocycles. The van der Waals surface area contributed by atoms with Gasteiger partial charge in [-0.1, -0.05) is 46.0 Å². The first-order valence-electron chi connectivity index (χ1n) is 10.7. The zero-order valence-corrected chi connectivity index (χ0v) is 18.2. The molecule has 6 heteroatoms. The molecular weight excluding hydrogens is 344 g/mol. The van der Waals surface area contributed by atoms with Crippen LogP contribution in [0.5, 0.6) is 0 Å². The predicted octanol–water partition coefficient (Wildman–Crippen LogP) is 4.52. The largest absolute Gasteiger partial charge is 0.463 e. The van der Waals surface area contributed by atoms with Crippen molar-refractivity contribution in [2.75, 3.05) is 26.7 Å². The molecule has 0 rings (SSSR count). The number of likely N-dealkylation sites (N-methyl/N-ethyl adjacent to an activating group) is 1. The number of hydrogen-bond donors (Lipinski definition) is 1. The molecule has 0 fully saturated rings. The predicted molar refractivity (Wildman–Crippen MR) is 110 cm³/mol. The summed E-state index contributed by atoms with van der Waals surface area (Å²) < 4.78 is 10.8. The van der Waals surface area contributed by atoms with E-state index in [9.17, 15) is 9.59 Å². The van der Waals surface area contributed by atoms with Crippen LogP contribution in [0.1, 0.15) is 85.5 Å². The minimum Gasteiger partial charge on any atom is -0.463 e. The molecular formula is C21H42N2O4. The van der Waals surface area contributed by atoms with Crippen LogP contribution < -0.4 is 5.32 Å². The minimum absolute atomic E-state index is 0.116. The lowest BCUT2D eigenvalue weighted by Gasteiger charge is -2.19. The number of hydrogen-bond acceptors (Lipinski definition) is 5. The first-order valence-corrected chi connectivity index (χ1v) is 10.7. The zero-order valence-electron chi connectivity index (χ0n) is 18.2.